The number of aliphatic hydroxyl groups excluding tert-OH is 1. The molecular weight excluding hydrogens is 510 g/mol. The van der Waals surface area contributed by atoms with E-state index in [0.717, 1.165) is 4.57 Å². The molecule has 1 saturated heterocycles. The minimum Gasteiger partial charge on any atom is -0.428 e. The maximum absolute atomic E-state index is 12.8. The molecule has 0 spiro atoms. The van der Waals surface area contributed by atoms with Crippen molar-refractivity contribution in [3.63, 3.8) is 0 Å². The normalized spacial score (nSPS) is 18.4. The van der Waals surface area contributed by atoms with Crippen molar-refractivity contribution in [3.8, 4) is 0 Å². The zero-order chi connectivity index (χ0) is 23.4. The molecular formula is C20H21BrClN3O7. The molecule has 12 heteroatoms. The van der Waals surface area contributed by atoms with E-state index < -0.39 is 36.6 Å². The van der Waals surface area contributed by atoms with Gasteiger partial charge >= 0.3 is 12.1 Å². The van der Waals surface area contributed by atoms with Crippen molar-refractivity contribution in [3.05, 3.63) is 38.3 Å². The number of ketones is 1. The van der Waals surface area contributed by atoms with Gasteiger partial charge in [0.2, 0.25) is 6.79 Å². The number of esters is 1. The molecule has 0 bridgehead atoms. The third kappa shape index (κ3) is 5.64. The maximum Gasteiger partial charge on any atom is 0.413 e. The Morgan fingerprint density at radius 2 is 2.06 bits per heavy atom. The zero-order valence-electron chi connectivity index (χ0n) is 17.1. The molecule has 0 saturated carbocycles. The van der Waals surface area contributed by atoms with Gasteiger partial charge in [0.25, 0.3) is 5.56 Å². The lowest BCUT2D eigenvalue weighted by Gasteiger charge is -2.37. The monoisotopic (exact) mass is 529 g/mol. The molecule has 10 nitrogen and oxygen atoms in total. The highest BCUT2D eigenvalue weighted by Crippen LogP contribution is 2.26. The molecule has 2 aromatic rings. The van der Waals surface area contributed by atoms with Gasteiger partial charge < -0.3 is 19.5 Å². The number of piperidine rings is 1. The summed E-state index contributed by atoms with van der Waals surface area (Å²) in [4.78, 5) is 54.1. The van der Waals surface area contributed by atoms with Crippen LogP contribution in [0.3, 0.4) is 0 Å². The van der Waals surface area contributed by atoms with Gasteiger partial charge in [-0.1, -0.05) is 11.6 Å². The molecule has 1 aliphatic heterocycles. The van der Waals surface area contributed by atoms with Crippen molar-refractivity contribution in [1.29, 1.82) is 0 Å². The zero-order valence-corrected chi connectivity index (χ0v) is 19.5. The number of carbonyl (C=O) groups excluding carboxylic acids is 3. The molecule has 1 fully saturated rings. The van der Waals surface area contributed by atoms with Crippen LogP contribution in [0.5, 0.6) is 0 Å². The summed E-state index contributed by atoms with van der Waals surface area (Å²) in [5, 5.41) is 11.0. The fraction of sp³-hybridized carbons (Fsp3) is 0.450. The number of amides is 1. The van der Waals surface area contributed by atoms with E-state index in [1.165, 1.54) is 24.2 Å². The van der Waals surface area contributed by atoms with Gasteiger partial charge in [0, 0.05) is 24.4 Å². The predicted molar refractivity (Wildman–Crippen MR) is 117 cm³/mol. The average Bonchev–Trinajstić information content (AvgIpc) is 2.73. The number of ether oxygens (including phenoxy) is 2. The first kappa shape index (κ1) is 24.1. The predicted octanol–water partition coefficient (Wildman–Crippen LogP) is 2.25. The highest BCUT2D eigenvalue weighted by molar-refractivity contribution is 9.10. The molecule has 0 aliphatic carbocycles. The van der Waals surface area contributed by atoms with Gasteiger partial charge in [0.1, 0.15) is 0 Å². The van der Waals surface area contributed by atoms with Gasteiger partial charge in [-0.2, -0.15) is 0 Å². The maximum atomic E-state index is 12.8. The van der Waals surface area contributed by atoms with Crippen molar-refractivity contribution < 1.29 is 29.0 Å². The quantitative estimate of drug-likeness (QED) is 0.445. The Kier molecular flexibility index (Phi) is 7.86. The summed E-state index contributed by atoms with van der Waals surface area (Å²) in [6.45, 7) is 0.613. The highest BCUT2D eigenvalue weighted by atomic mass is 79.9. The lowest BCUT2D eigenvalue weighted by molar-refractivity contribution is -0.150. The molecule has 0 radical (unpaired) electrons. The summed E-state index contributed by atoms with van der Waals surface area (Å²) in [6, 6.07) is 2.27. The number of benzene rings is 1. The van der Waals surface area contributed by atoms with Crippen molar-refractivity contribution in [2.24, 2.45) is 0 Å². The van der Waals surface area contributed by atoms with Crippen LogP contribution in [0, 0.1) is 0 Å². The van der Waals surface area contributed by atoms with Crippen molar-refractivity contribution in [2.45, 2.75) is 44.9 Å². The molecule has 0 unspecified atom stereocenters. The van der Waals surface area contributed by atoms with Gasteiger partial charge in [0.15, 0.2) is 5.78 Å². The van der Waals surface area contributed by atoms with Gasteiger partial charge in [-0.15, -0.1) is 0 Å². The van der Waals surface area contributed by atoms with E-state index in [1.807, 2.05) is 0 Å². The van der Waals surface area contributed by atoms with Crippen LogP contribution in [0.15, 0.2) is 27.7 Å². The Labute approximate surface area is 196 Å². The molecule has 32 heavy (non-hydrogen) atoms. The number of nitrogens with zero attached hydrogens (tertiary/aromatic N) is 3. The van der Waals surface area contributed by atoms with E-state index >= 15 is 0 Å². The van der Waals surface area contributed by atoms with Crippen LogP contribution in [-0.2, 0) is 25.6 Å². The Balaban J connectivity index is 1.72. The number of hydrogen-bond donors (Lipinski definition) is 1. The van der Waals surface area contributed by atoms with Gasteiger partial charge in [-0.05, 0) is 40.9 Å². The van der Waals surface area contributed by atoms with Gasteiger partial charge in [-0.25, -0.2) is 9.78 Å². The fourth-order valence-electron chi connectivity index (χ4n) is 3.51. The smallest absolute Gasteiger partial charge is 0.413 e. The summed E-state index contributed by atoms with van der Waals surface area (Å²) in [6.07, 6.45) is 0.292. The number of aliphatic hydroxyl groups is 1. The molecule has 1 aromatic heterocycles. The second-order valence-corrected chi connectivity index (χ2v) is 8.60. The summed E-state index contributed by atoms with van der Waals surface area (Å²) in [7, 11) is 0. The van der Waals surface area contributed by atoms with E-state index in [4.69, 9.17) is 16.3 Å². The Bertz CT molecular complexity index is 1110. The Morgan fingerprint density at radius 1 is 1.31 bits per heavy atom. The van der Waals surface area contributed by atoms with Crippen LogP contribution >= 0.6 is 27.5 Å². The van der Waals surface area contributed by atoms with E-state index in [9.17, 15) is 24.3 Å². The molecule has 172 valence electrons. The van der Waals surface area contributed by atoms with Gasteiger partial charge in [-0.3, -0.25) is 19.0 Å². The molecule has 1 N–H and O–H groups in total. The average molecular weight is 531 g/mol. The second-order valence-electron chi connectivity index (χ2n) is 7.34. The number of Topliss-reactive ketones (excluding diaryl/α,β-unsaturated/α-hetero) is 1. The van der Waals surface area contributed by atoms with Crippen LogP contribution in [0.2, 0.25) is 5.02 Å². The van der Waals surface area contributed by atoms with Gasteiger partial charge in [0.05, 0.1) is 40.9 Å². The minimum atomic E-state index is -0.934. The topological polar surface area (TPSA) is 128 Å². The largest absolute Gasteiger partial charge is 0.428 e. The van der Waals surface area contributed by atoms with Crippen molar-refractivity contribution >= 4 is 56.3 Å². The van der Waals surface area contributed by atoms with Crippen LogP contribution < -0.4 is 5.56 Å². The van der Waals surface area contributed by atoms with E-state index in [-0.39, 0.29) is 30.7 Å². The lowest BCUT2D eigenvalue weighted by atomic mass is 9.95. The van der Waals surface area contributed by atoms with Crippen LogP contribution in [0.4, 0.5) is 4.79 Å². The van der Waals surface area contributed by atoms with E-state index in [0.29, 0.717) is 27.9 Å². The van der Waals surface area contributed by atoms with Crippen LogP contribution in [0.25, 0.3) is 10.9 Å². The Hall–Kier alpha value is -2.50. The first-order valence-electron chi connectivity index (χ1n) is 9.78. The molecule has 1 aromatic carbocycles. The highest BCUT2D eigenvalue weighted by Gasteiger charge is 2.35. The molecule has 1 aliphatic rings. The molecule has 3 rings (SSSR count). The fourth-order valence-corrected chi connectivity index (χ4v) is 4.00. The minimum absolute atomic E-state index is 0.185. The second kappa shape index (κ2) is 10.4. The number of halogens is 2. The van der Waals surface area contributed by atoms with E-state index in [1.54, 1.807) is 6.07 Å². The first-order valence-corrected chi connectivity index (χ1v) is 10.9. The van der Waals surface area contributed by atoms with Crippen molar-refractivity contribution in [2.75, 3.05) is 13.3 Å². The SMILES string of the molecule is CC(=O)OCOC(=O)N1CCC[C@H](O)[C@H]1CC(=O)Cn1cnc2cc(Br)c(Cl)cc2c1=O. The summed E-state index contributed by atoms with van der Waals surface area (Å²) in [5.41, 5.74) is -0.000956. The Morgan fingerprint density at radius 3 is 2.78 bits per heavy atom. The third-order valence-electron chi connectivity index (χ3n) is 5.07. The van der Waals surface area contributed by atoms with E-state index in [2.05, 4.69) is 25.7 Å². The summed E-state index contributed by atoms with van der Waals surface area (Å²) >= 11 is 9.34. The number of hydrogen-bond acceptors (Lipinski definition) is 8. The molecule has 2 heterocycles. The standard InChI is InChI=1S/C20H21BrClN3O7/c1-11(26)31-10-32-20(30)25-4-2-3-18(28)17(25)5-12(27)8-24-9-23-16-7-14(21)15(22)6-13(16)19(24)29/h6-7,9,17-18,28H,2-5,8,10H2,1H3/t17-,18+/m1/s1. The van der Waals surface area contributed by atoms with Crippen molar-refractivity contribution in [1.82, 2.24) is 14.5 Å². The summed E-state index contributed by atoms with van der Waals surface area (Å²) < 4.78 is 11.2. The number of rotatable bonds is 6. The number of fused-ring (bicyclic) bond motifs is 1. The first-order chi connectivity index (χ1) is 15.2. The lowest BCUT2D eigenvalue weighted by Crippen LogP contribution is -2.52. The third-order valence-corrected chi connectivity index (χ3v) is 6.27. The number of carbonyl (C=O) groups is 3. The van der Waals surface area contributed by atoms with Crippen LogP contribution in [-0.4, -0.2) is 62.9 Å². The summed E-state index contributed by atoms with van der Waals surface area (Å²) in [5.74, 6) is -0.980. The number of likely N-dealkylation sites (tertiary alicyclic amines) is 1. The number of aromatic nitrogens is 2. The molecule has 1 amide bonds. The van der Waals surface area contributed by atoms with Crippen LogP contribution in [0.1, 0.15) is 26.2 Å². The molecule has 2 atom stereocenters.